The lowest BCUT2D eigenvalue weighted by Crippen LogP contribution is -2.14. The van der Waals surface area contributed by atoms with Crippen molar-refractivity contribution in [3.05, 3.63) is 66.0 Å². The highest BCUT2D eigenvalue weighted by Gasteiger charge is 2.09. The summed E-state index contributed by atoms with van der Waals surface area (Å²) in [6.45, 7) is 0.673. The Balaban J connectivity index is 1.79. The maximum absolute atomic E-state index is 12.8. The van der Waals surface area contributed by atoms with Gasteiger partial charge in [0.1, 0.15) is 11.6 Å². The molecule has 3 heteroatoms. The van der Waals surface area contributed by atoms with Crippen molar-refractivity contribution in [2.24, 2.45) is 5.92 Å². The number of halogens is 1. The fraction of sp³-hybridized carbons (Fsp3) is 0.294. The highest BCUT2D eigenvalue weighted by Crippen LogP contribution is 2.15. The number of rotatable bonds is 7. The van der Waals surface area contributed by atoms with Gasteiger partial charge in [-0.1, -0.05) is 30.3 Å². The van der Waals surface area contributed by atoms with Crippen LogP contribution in [0.4, 0.5) is 4.39 Å². The third kappa shape index (κ3) is 4.67. The summed E-state index contributed by atoms with van der Waals surface area (Å²) in [5.41, 5.74) is 1.03. The zero-order valence-electron chi connectivity index (χ0n) is 11.3. The van der Waals surface area contributed by atoms with Crippen molar-refractivity contribution in [3.8, 4) is 5.75 Å². The van der Waals surface area contributed by atoms with E-state index in [-0.39, 0.29) is 18.3 Å². The van der Waals surface area contributed by atoms with Crippen LogP contribution in [-0.2, 0) is 6.42 Å². The molecule has 0 saturated carbocycles. The first kappa shape index (κ1) is 14.5. The molecule has 1 N–H and O–H groups in total. The molecule has 0 amide bonds. The molecule has 0 aliphatic heterocycles. The predicted octanol–water partition coefficient (Wildman–Crippen LogP) is 3.45. The van der Waals surface area contributed by atoms with E-state index >= 15 is 0 Å². The minimum atomic E-state index is -0.235. The molecule has 0 aliphatic carbocycles. The van der Waals surface area contributed by atoms with Crippen LogP contribution >= 0.6 is 0 Å². The molecular formula is C17H19FO2. The van der Waals surface area contributed by atoms with Gasteiger partial charge < -0.3 is 9.84 Å². The van der Waals surface area contributed by atoms with Gasteiger partial charge in [0.05, 0.1) is 6.61 Å². The lowest BCUT2D eigenvalue weighted by atomic mass is 9.97. The Kier molecular flexibility index (Phi) is 5.56. The Morgan fingerprint density at radius 3 is 2.35 bits per heavy atom. The molecule has 0 aromatic heterocycles. The first-order valence-electron chi connectivity index (χ1n) is 6.81. The molecule has 0 fully saturated rings. The van der Waals surface area contributed by atoms with Crippen LogP contribution in [0.25, 0.3) is 0 Å². The third-order valence-electron chi connectivity index (χ3n) is 3.23. The van der Waals surface area contributed by atoms with Crippen molar-refractivity contribution in [3.63, 3.8) is 0 Å². The molecule has 2 nitrogen and oxygen atoms in total. The number of ether oxygens (including phenoxy) is 1. The first-order valence-corrected chi connectivity index (χ1v) is 6.81. The topological polar surface area (TPSA) is 29.5 Å². The number of hydrogen-bond acceptors (Lipinski definition) is 2. The molecule has 0 heterocycles. The summed E-state index contributed by atoms with van der Waals surface area (Å²) >= 11 is 0. The van der Waals surface area contributed by atoms with E-state index < -0.39 is 0 Å². The van der Waals surface area contributed by atoms with Crippen LogP contribution in [0.3, 0.4) is 0 Å². The van der Waals surface area contributed by atoms with E-state index in [1.807, 2.05) is 30.3 Å². The summed E-state index contributed by atoms with van der Waals surface area (Å²) in [6, 6.07) is 16.0. The zero-order valence-corrected chi connectivity index (χ0v) is 11.3. The van der Waals surface area contributed by atoms with E-state index in [2.05, 4.69) is 0 Å². The summed E-state index contributed by atoms with van der Waals surface area (Å²) < 4.78 is 18.5. The molecular weight excluding hydrogens is 255 g/mol. The second-order valence-electron chi connectivity index (χ2n) is 4.83. The van der Waals surface area contributed by atoms with Crippen molar-refractivity contribution < 1.29 is 14.2 Å². The van der Waals surface area contributed by atoms with Crippen molar-refractivity contribution in [2.45, 2.75) is 12.8 Å². The zero-order chi connectivity index (χ0) is 14.2. The molecule has 1 unspecified atom stereocenters. The quantitative estimate of drug-likeness (QED) is 0.838. The highest BCUT2D eigenvalue weighted by molar-refractivity contribution is 5.21. The molecule has 1 atom stereocenters. The maximum atomic E-state index is 12.8. The van der Waals surface area contributed by atoms with Gasteiger partial charge in [0.15, 0.2) is 0 Å². The van der Waals surface area contributed by atoms with E-state index in [9.17, 15) is 9.50 Å². The van der Waals surface area contributed by atoms with Crippen LogP contribution in [0.1, 0.15) is 12.0 Å². The van der Waals surface area contributed by atoms with Gasteiger partial charge in [-0.25, -0.2) is 4.39 Å². The fourth-order valence-electron chi connectivity index (χ4n) is 2.07. The van der Waals surface area contributed by atoms with Gasteiger partial charge in [-0.15, -0.1) is 0 Å². The lowest BCUT2D eigenvalue weighted by Gasteiger charge is -2.14. The standard InChI is InChI=1S/C17H19FO2/c18-16-8-6-14(7-9-16)12-15(13-19)10-11-20-17-4-2-1-3-5-17/h1-9,15,19H,10-13H2. The average Bonchev–Trinajstić information content (AvgIpc) is 2.49. The Labute approximate surface area is 118 Å². The molecule has 20 heavy (non-hydrogen) atoms. The summed E-state index contributed by atoms with van der Waals surface area (Å²) in [7, 11) is 0. The number of hydrogen-bond donors (Lipinski definition) is 1. The molecule has 106 valence electrons. The minimum absolute atomic E-state index is 0.107. The van der Waals surface area contributed by atoms with E-state index in [1.165, 1.54) is 12.1 Å². The first-order chi connectivity index (χ1) is 9.78. The molecule has 2 aromatic carbocycles. The number of para-hydroxylation sites is 1. The van der Waals surface area contributed by atoms with Crippen LogP contribution < -0.4 is 4.74 Å². The van der Waals surface area contributed by atoms with E-state index in [4.69, 9.17) is 4.74 Å². The lowest BCUT2D eigenvalue weighted by molar-refractivity contribution is 0.190. The van der Waals surface area contributed by atoms with E-state index in [0.29, 0.717) is 6.61 Å². The Bertz CT molecular complexity index is 496. The van der Waals surface area contributed by atoms with Gasteiger partial charge in [0, 0.05) is 6.61 Å². The van der Waals surface area contributed by atoms with Gasteiger partial charge in [-0.05, 0) is 48.6 Å². The minimum Gasteiger partial charge on any atom is -0.494 e. The van der Waals surface area contributed by atoms with Gasteiger partial charge in [-0.3, -0.25) is 0 Å². The molecule has 2 rings (SSSR count). The number of aliphatic hydroxyl groups is 1. The maximum Gasteiger partial charge on any atom is 0.123 e. The summed E-state index contributed by atoms with van der Waals surface area (Å²) in [6.07, 6.45) is 1.50. The van der Waals surface area contributed by atoms with Gasteiger partial charge >= 0.3 is 0 Å². The SMILES string of the molecule is OCC(CCOc1ccccc1)Cc1ccc(F)cc1. The Morgan fingerprint density at radius 1 is 1.00 bits per heavy atom. The van der Waals surface area contributed by atoms with Crippen molar-refractivity contribution >= 4 is 0 Å². The Morgan fingerprint density at radius 2 is 1.70 bits per heavy atom. The second kappa shape index (κ2) is 7.65. The normalized spacial score (nSPS) is 12.1. The van der Waals surface area contributed by atoms with Crippen LogP contribution in [0, 0.1) is 11.7 Å². The van der Waals surface area contributed by atoms with Crippen LogP contribution in [0.5, 0.6) is 5.75 Å². The molecule has 0 aliphatic rings. The molecule has 0 saturated heterocycles. The van der Waals surface area contributed by atoms with E-state index in [0.717, 1.165) is 24.2 Å². The largest absolute Gasteiger partial charge is 0.494 e. The highest BCUT2D eigenvalue weighted by atomic mass is 19.1. The van der Waals surface area contributed by atoms with Crippen LogP contribution in [-0.4, -0.2) is 18.3 Å². The summed E-state index contributed by atoms with van der Waals surface area (Å²) in [5.74, 6) is 0.733. The van der Waals surface area contributed by atoms with Crippen LogP contribution in [0.2, 0.25) is 0 Å². The van der Waals surface area contributed by atoms with Crippen molar-refractivity contribution in [1.29, 1.82) is 0 Å². The smallest absolute Gasteiger partial charge is 0.123 e. The van der Waals surface area contributed by atoms with Gasteiger partial charge in [0.25, 0.3) is 0 Å². The molecule has 0 radical (unpaired) electrons. The number of aliphatic hydroxyl groups excluding tert-OH is 1. The molecule has 0 bridgehead atoms. The number of benzene rings is 2. The van der Waals surface area contributed by atoms with Crippen molar-refractivity contribution in [2.75, 3.05) is 13.2 Å². The molecule has 0 spiro atoms. The van der Waals surface area contributed by atoms with Gasteiger partial charge in [-0.2, -0.15) is 0 Å². The summed E-state index contributed by atoms with van der Waals surface area (Å²) in [4.78, 5) is 0. The average molecular weight is 274 g/mol. The molecule has 2 aromatic rings. The second-order valence-corrected chi connectivity index (χ2v) is 4.83. The predicted molar refractivity (Wildman–Crippen MR) is 77.2 cm³/mol. The van der Waals surface area contributed by atoms with Crippen LogP contribution in [0.15, 0.2) is 54.6 Å². The van der Waals surface area contributed by atoms with E-state index in [1.54, 1.807) is 12.1 Å². The van der Waals surface area contributed by atoms with Gasteiger partial charge in [0.2, 0.25) is 0 Å². The van der Waals surface area contributed by atoms with Crippen molar-refractivity contribution in [1.82, 2.24) is 0 Å². The Hall–Kier alpha value is -1.87. The monoisotopic (exact) mass is 274 g/mol. The fourth-order valence-corrected chi connectivity index (χ4v) is 2.07. The summed E-state index contributed by atoms with van der Waals surface area (Å²) in [5, 5.41) is 9.41. The third-order valence-corrected chi connectivity index (χ3v) is 3.23.